The summed E-state index contributed by atoms with van der Waals surface area (Å²) < 4.78 is 1.94. The van der Waals surface area contributed by atoms with Gasteiger partial charge in [0.25, 0.3) is 0 Å². The van der Waals surface area contributed by atoms with Crippen LogP contribution in [-0.2, 0) is 0 Å². The van der Waals surface area contributed by atoms with Crippen LogP contribution in [0.15, 0.2) is 24.5 Å². The van der Waals surface area contributed by atoms with Gasteiger partial charge in [0.15, 0.2) is 6.71 Å². The van der Waals surface area contributed by atoms with Crippen molar-refractivity contribution in [2.75, 3.05) is 0 Å². The van der Waals surface area contributed by atoms with Crippen molar-refractivity contribution >= 4 is 30.3 Å². The van der Waals surface area contributed by atoms with Crippen molar-refractivity contribution in [3.8, 4) is 0 Å². The highest BCUT2D eigenvalue weighted by Gasteiger charge is 2.48. The molecule has 2 aromatic rings. The van der Waals surface area contributed by atoms with Crippen LogP contribution in [0.3, 0.4) is 0 Å². The minimum atomic E-state index is -0.520. The summed E-state index contributed by atoms with van der Waals surface area (Å²) >= 11 is 0. The molecule has 2 aromatic heterocycles. The summed E-state index contributed by atoms with van der Waals surface area (Å²) in [5.41, 5.74) is 4.03. The van der Waals surface area contributed by atoms with Gasteiger partial charge in [0, 0.05) is 6.20 Å². The fraction of sp³-hybridized carbons (Fsp3) is 0.562. The van der Waals surface area contributed by atoms with E-state index in [0.717, 1.165) is 11.0 Å². The molecule has 0 bridgehead atoms. The van der Waals surface area contributed by atoms with Gasteiger partial charge in [0.05, 0.1) is 11.0 Å². The van der Waals surface area contributed by atoms with Crippen molar-refractivity contribution in [1.29, 1.82) is 0 Å². The standard InChI is InChI=1S/C16H24B2N2O/c1-15(2)10-18(11-16(15,3)4)12-9-20(17(5)21)13-7-6-8-19-14(12)13/h6-9,21H,10-11H2,1-5H3. The van der Waals surface area contributed by atoms with Gasteiger partial charge in [0.2, 0.25) is 0 Å². The Morgan fingerprint density at radius 2 is 1.86 bits per heavy atom. The Bertz CT molecular complexity index is 660. The SMILES string of the molecule is CB(O)n1cc(B2CC(C)(C)C(C)(C)C2)c2ncccc21. The Balaban J connectivity index is 2.10. The average molecular weight is 282 g/mol. The molecule has 3 rings (SSSR count). The van der Waals surface area contributed by atoms with E-state index in [4.69, 9.17) is 0 Å². The van der Waals surface area contributed by atoms with Crippen LogP contribution in [0.5, 0.6) is 0 Å². The number of hydrogen-bond donors (Lipinski definition) is 1. The fourth-order valence-corrected chi connectivity index (χ4v) is 3.79. The monoisotopic (exact) mass is 282 g/mol. The van der Waals surface area contributed by atoms with Crippen LogP contribution in [0, 0.1) is 10.8 Å². The van der Waals surface area contributed by atoms with Gasteiger partial charge >= 0.3 is 7.05 Å². The number of nitrogens with zero attached hydrogens (tertiary/aromatic N) is 2. The lowest BCUT2D eigenvalue weighted by molar-refractivity contribution is 0.177. The van der Waals surface area contributed by atoms with Crippen molar-refractivity contribution in [1.82, 2.24) is 9.46 Å². The van der Waals surface area contributed by atoms with E-state index in [0.29, 0.717) is 17.5 Å². The highest BCUT2D eigenvalue weighted by molar-refractivity contribution is 6.76. The van der Waals surface area contributed by atoms with Crippen LogP contribution in [0.4, 0.5) is 0 Å². The van der Waals surface area contributed by atoms with Crippen LogP contribution in [0.1, 0.15) is 27.7 Å². The topological polar surface area (TPSA) is 38.0 Å². The summed E-state index contributed by atoms with van der Waals surface area (Å²) in [5.74, 6) is 0. The van der Waals surface area contributed by atoms with E-state index in [1.54, 1.807) is 6.82 Å². The van der Waals surface area contributed by atoms with Gasteiger partial charge < -0.3 is 9.50 Å². The largest absolute Gasteiger partial charge is 0.432 e. The molecule has 1 aliphatic heterocycles. The van der Waals surface area contributed by atoms with Crippen LogP contribution < -0.4 is 5.46 Å². The molecule has 0 saturated carbocycles. The quantitative estimate of drug-likeness (QED) is 0.860. The number of fused-ring (bicyclic) bond motifs is 1. The number of pyridine rings is 1. The molecular formula is C16H24B2N2O. The summed E-state index contributed by atoms with van der Waals surface area (Å²) in [6, 6.07) is 3.98. The Hall–Kier alpha value is -1.22. The molecule has 1 N–H and O–H groups in total. The lowest BCUT2D eigenvalue weighted by Gasteiger charge is -2.35. The molecular weight excluding hydrogens is 258 g/mol. The second-order valence-electron chi connectivity index (χ2n) is 7.87. The van der Waals surface area contributed by atoms with Gasteiger partial charge in [-0.3, -0.25) is 4.98 Å². The molecule has 3 nitrogen and oxygen atoms in total. The van der Waals surface area contributed by atoms with Crippen molar-refractivity contribution in [2.24, 2.45) is 10.8 Å². The van der Waals surface area contributed by atoms with Crippen LogP contribution >= 0.6 is 0 Å². The molecule has 0 radical (unpaired) electrons. The molecule has 0 aromatic carbocycles. The second kappa shape index (κ2) is 4.64. The normalized spacial score (nSPS) is 20.2. The summed E-state index contributed by atoms with van der Waals surface area (Å²) in [6.45, 7) is 11.8. The molecule has 3 heterocycles. The third-order valence-electron chi connectivity index (χ3n) is 5.80. The molecule has 1 saturated heterocycles. The lowest BCUT2D eigenvalue weighted by atomic mass is 9.42. The Kier molecular flexibility index (Phi) is 3.25. The first-order valence-corrected chi connectivity index (χ1v) is 7.86. The van der Waals surface area contributed by atoms with E-state index in [2.05, 4.69) is 38.9 Å². The maximum atomic E-state index is 10.0. The lowest BCUT2D eigenvalue weighted by Crippen LogP contribution is -2.28. The minimum absolute atomic E-state index is 0.325. The smallest absolute Gasteiger partial charge is 0.413 e. The van der Waals surface area contributed by atoms with Gasteiger partial charge in [-0.05, 0) is 41.4 Å². The van der Waals surface area contributed by atoms with Gasteiger partial charge in [-0.1, -0.05) is 40.3 Å². The van der Waals surface area contributed by atoms with Gasteiger partial charge in [-0.15, -0.1) is 0 Å². The van der Waals surface area contributed by atoms with Gasteiger partial charge in [-0.25, -0.2) is 0 Å². The first kappa shape index (κ1) is 14.7. The Labute approximate surface area is 128 Å². The Morgan fingerprint density at radius 1 is 1.24 bits per heavy atom. The third-order valence-corrected chi connectivity index (χ3v) is 5.80. The molecule has 0 unspecified atom stereocenters. The second-order valence-corrected chi connectivity index (χ2v) is 7.87. The van der Waals surface area contributed by atoms with Crippen molar-refractivity contribution in [3.05, 3.63) is 24.5 Å². The first-order valence-electron chi connectivity index (χ1n) is 7.86. The third kappa shape index (κ3) is 2.22. The van der Waals surface area contributed by atoms with E-state index < -0.39 is 7.05 Å². The van der Waals surface area contributed by atoms with Crippen molar-refractivity contribution in [2.45, 2.75) is 47.2 Å². The summed E-state index contributed by atoms with van der Waals surface area (Å²) in [4.78, 5) is 4.59. The van der Waals surface area contributed by atoms with Crippen molar-refractivity contribution in [3.63, 3.8) is 0 Å². The van der Waals surface area contributed by atoms with E-state index in [9.17, 15) is 5.02 Å². The highest BCUT2D eigenvalue weighted by Crippen LogP contribution is 2.52. The summed E-state index contributed by atoms with van der Waals surface area (Å²) in [5, 5.41) is 10.0. The molecule has 0 spiro atoms. The van der Waals surface area contributed by atoms with E-state index in [1.165, 1.54) is 18.1 Å². The number of aromatic nitrogens is 2. The average Bonchev–Trinajstić information content (AvgIpc) is 2.85. The predicted octanol–water partition coefficient (Wildman–Crippen LogP) is 2.76. The Morgan fingerprint density at radius 3 is 2.43 bits per heavy atom. The van der Waals surface area contributed by atoms with E-state index >= 15 is 0 Å². The van der Waals surface area contributed by atoms with Gasteiger partial charge in [0.1, 0.15) is 0 Å². The van der Waals surface area contributed by atoms with E-state index in [1.807, 2.05) is 22.8 Å². The molecule has 1 aliphatic rings. The molecule has 0 amide bonds. The molecule has 0 atom stereocenters. The zero-order chi connectivity index (χ0) is 15.4. The minimum Gasteiger partial charge on any atom is -0.432 e. The molecule has 110 valence electrons. The van der Waals surface area contributed by atoms with Gasteiger partial charge in [-0.2, -0.15) is 0 Å². The summed E-state index contributed by atoms with van der Waals surface area (Å²) in [6.07, 6.45) is 6.32. The zero-order valence-electron chi connectivity index (χ0n) is 13.7. The zero-order valence-corrected chi connectivity index (χ0v) is 13.7. The van der Waals surface area contributed by atoms with Crippen LogP contribution in [0.2, 0.25) is 19.5 Å². The number of hydrogen-bond acceptors (Lipinski definition) is 2. The van der Waals surface area contributed by atoms with E-state index in [-0.39, 0.29) is 0 Å². The highest BCUT2D eigenvalue weighted by atomic mass is 16.2. The molecule has 0 aliphatic carbocycles. The van der Waals surface area contributed by atoms with Crippen LogP contribution in [0.25, 0.3) is 11.0 Å². The number of rotatable bonds is 2. The maximum Gasteiger partial charge on any atom is 0.413 e. The predicted molar refractivity (Wildman–Crippen MR) is 91.5 cm³/mol. The van der Waals surface area contributed by atoms with Crippen LogP contribution in [-0.4, -0.2) is 28.2 Å². The van der Waals surface area contributed by atoms with Crippen molar-refractivity contribution < 1.29 is 5.02 Å². The maximum absolute atomic E-state index is 10.0. The summed E-state index contributed by atoms with van der Waals surface area (Å²) in [7, 11) is -0.520. The first-order chi connectivity index (χ1) is 9.73. The molecule has 21 heavy (non-hydrogen) atoms. The fourth-order valence-electron chi connectivity index (χ4n) is 3.79. The molecule has 1 fully saturated rings. The molecule has 5 heteroatoms.